The predicted octanol–water partition coefficient (Wildman–Crippen LogP) is 4.49. The van der Waals surface area contributed by atoms with Gasteiger partial charge < -0.3 is 10.3 Å². The molecule has 0 amide bonds. The molecule has 0 atom stereocenters. The van der Waals surface area contributed by atoms with Gasteiger partial charge in [0.15, 0.2) is 0 Å². The lowest BCUT2D eigenvalue weighted by Gasteiger charge is -2.05. The average Bonchev–Trinajstić information content (AvgIpc) is 2.84. The summed E-state index contributed by atoms with van der Waals surface area (Å²) in [6.07, 6.45) is 0. The molecule has 0 fully saturated rings. The molecule has 2 N–H and O–H groups in total. The summed E-state index contributed by atoms with van der Waals surface area (Å²) >= 11 is 3.39. The second-order valence-electron chi connectivity index (χ2n) is 4.26. The van der Waals surface area contributed by atoms with E-state index in [1.165, 1.54) is 12.1 Å². The lowest BCUT2D eigenvalue weighted by Crippen LogP contribution is -1.89. The Morgan fingerprint density at radius 2 is 1.85 bits per heavy atom. The summed E-state index contributed by atoms with van der Waals surface area (Å²) in [6.45, 7) is 0. The summed E-state index contributed by atoms with van der Waals surface area (Å²) in [5, 5.41) is 3.97. The summed E-state index contributed by atoms with van der Waals surface area (Å²) in [5.74, 6) is -0.133. The molecule has 1 aromatic heterocycles. The number of benzene rings is 2. The standard InChI is InChI=1S/C15H10BrFN2O/c16-12-7-6-10(17)8-11(12)14-13(15(18)20-19-14)9-4-2-1-3-5-9/h1-8H,18H2. The topological polar surface area (TPSA) is 52.0 Å². The number of anilines is 1. The number of nitrogens with two attached hydrogens (primary N) is 1. The van der Waals surface area contributed by atoms with E-state index < -0.39 is 0 Å². The van der Waals surface area contributed by atoms with E-state index in [1.807, 2.05) is 30.3 Å². The Bertz CT molecular complexity index is 756. The molecule has 3 nitrogen and oxygen atoms in total. The van der Waals surface area contributed by atoms with Gasteiger partial charge in [0.05, 0.1) is 5.56 Å². The molecule has 0 saturated carbocycles. The smallest absolute Gasteiger partial charge is 0.230 e. The zero-order chi connectivity index (χ0) is 14.1. The van der Waals surface area contributed by atoms with Gasteiger partial charge in [-0.1, -0.05) is 51.4 Å². The van der Waals surface area contributed by atoms with Crippen LogP contribution in [0.3, 0.4) is 0 Å². The first-order chi connectivity index (χ1) is 9.66. The van der Waals surface area contributed by atoms with E-state index in [1.54, 1.807) is 6.07 Å². The summed E-state index contributed by atoms with van der Waals surface area (Å²) in [5.41, 5.74) is 8.51. The third-order valence-corrected chi connectivity index (χ3v) is 3.66. The molecule has 0 unspecified atom stereocenters. The highest BCUT2D eigenvalue weighted by Crippen LogP contribution is 2.39. The Kier molecular flexibility index (Phi) is 3.28. The Hall–Kier alpha value is -2.14. The Morgan fingerprint density at radius 3 is 2.60 bits per heavy atom. The molecule has 0 aliphatic heterocycles. The molecule has 2 aromatic carbocycles. The lowest BCUT2D eigenvalue weighted by atomic mass is 10.0. The van der Waals surface area contributed by atoms with Crippen molar-refractivity contribution in [2.24, 2.45) is 0 Å². The minimum Gasteiger partial charge on any atom is -0.367 e. The Labute approximate surface area is 123 Å². The molecule has 5 heteroatoms. The van der Waals surface area contributed by atoms with Crippen molar-refractivity contribution >= 4 is 21.8 Å². The van der Waals surface area contributed by atoms with Crippen LogP contribution in [0.4, 0.5) is 10.3 Å². The summed E-state index contributed by atoms with van der Waals surface area (Å²) in [6, 6.07) is 13.9. The number of nitrogen functional groups attached to an aromatic ring is 1. The zero-order valence-electron chi connectivity index (χ0n) is 10.3. The van der Waals surface area contributed by atoms with Crippen LogP contribution in [0.25, 0.3) is 22.4 Å². The molecule has 0 spiro atoms. The van der Waals surface area contributed by atoms with Gasteiger partial charge in [-0.15, -0.1) is 0 Å². The van der Waals surface area contributed by atoms with Crippen LogP contribution in [0.15, 0.2) is 57.5 Å². The fourth-order valence-electron chi connectivity index (χ4n) is 2.05. The number of rotatable bonds is 2. The Morgan fingerprint density at radius 1 is 1.10 bits per heavy atom. The van der Waals surface area contributed by atoms with Gasteiger partial charge in [-0.3, -0.25) is 0 Å². The van der Waals surface area contributed by atoms with Crippen LogP contribution in [0.2, 0.25) is 0 Å². The van der Waals surface area contributed by atoms with E-state index in [2.05, 4.69) is 21.1 Å². The first-order valence-corrected chi connectivity index (χ1v) is 6.72. The second kappa shape index (κ2) is 5.09. The van der Waals surface area contributed by atoms with Crippen molar-refractivity contribution in [1.29, 1.82) is 0 Å². The van der Waals surface area contributed by atoms with Gasteiger partial charge in [0.25, 0.3) is 0 Å². The van der Waals surface area contributed by atoms with Crippen LogP contribution in [-0.4, -0.2) is 5.16 Å². The molecule has 1 heterocycles. The summed E-state index contributed by atoms with van der Waals surface area (Å²) in [4.78, 5) is 0. The number of hydrogen-bond donors (Lipinski definition) is 1. The second-order valence-corrected chi connectivity index (χ2v) is 5.11. The molecule has 0 aliphatic rings. The maximum absolute atomic E-state index is 13.5. The van der Waals surface area contributed by atoms with E-state index in [0.29, 0.717) is 16.8 Å². The van der Waals surface area contributed by atoms with Crippen LogP contribution < -0.4 is 5.73 Å². The first kappa shape index (κ1) is 12.9. The maximum atomic E-state index is 13.5. The molecule has 0 saturated heterocycles. The molecule has 0 radical (unpaired) electrons. The molecular formula is C15H10BrFN2O. The first-order valence-electron chi connectivity index (χ1n) is 5.93. The third kappa shape index (κ3) is 2.20. The van der Waals surface area contributed by atoms with Crippen LogP contribution in [0, 0.1) is 5.82 Å². The highest BCUT2D eigenvalue weighted by Gasteiger charge is 2.19. The predicted molar refractivity (Wildman–Crippen MR) is 79.4 cm³/mol. The van der Waals surface area contributed by atoms with Crippen molar-refractivity contribution in [3.05, 3.63) is 58.8 Å². The number of hydrogen-bond acceptors (Lipinski definition) is 3. The quantitative estimate of drug-likeness (QED) is 0.752. The van der Waals surface area contributed by atoms with Crippen molar-refractivity contribution in [2.75, 3.05) is 5.73 Å². The van der Waals surface area contributed by atoms with Gasteiger partial charge >= 0.3 is 0 Å². The van der Waals surface area contributed by atoms with E-state index in [0.717, 1.165) is 10.0 Å². The molecule has 20 heavy (non-hydrogen) atoms. The highest BCUT2D eigenvalue weighted by atomic mass is 79.9. The minimum atomic E-state index is -0.344. The van der Waals surface area contributed by atoms with Gasteiger partial charge in [0.1, 0.15) is 11.5 Å². The normalized spacial score (nSPS) is 10.7. The number of nitrogens with zero attached hydrogens (tertiary/aromatic N) is 1. The van der Waals surface area contributed by atoms with Crippen molar-refractivity contribution in [1.82, 2.24) is 5.16 Å². The van der Waals surface area contributed by atoms with Crippen molar-refractivity contribution in [3.63, 3.8) is 0 Å². The summed E-state index contributed by atoms with van der Waals surface area (Å²) < 4.78 is 19.3. The largest absolute Gasteiger partial charge is 0.367 e. The molecular weight excluding hydrogens is 323 g/mol. The van der Waals surface area contributed by atoms with Crippen LogP contribution in [0.5, 0.6) is 0 Å². The number of halogens is 2. The van der Waals surface area contributed by atoms with E-state index in [4.69, 9.17) is 10.3 Å². The average molecular weight is 333 g/mol. The maximum Gasteiger partial charge on any atom is 0.230 e. The van der Waals surface area contributed by atoms with Crippen molar-refractivity contribution in [3.8, 4) is 22.4 Å². The van der Waals surface area contributed by atoms with E-state index in [-0.39, 0.29) is 11.7 Å². The van der Waals surface area contributed by atoms with Crippen molar-refractivity contribution in [2.45, 2.75) is 0 Å². The van der Waals surface area contributed by atoms with Crippen LogP contribution >= 0.6 is 15.9 Å². The molecule has 3 rings (SSSR count). The van der Waals surface area contributed by atoms with E-state index in [9.17, 15) is 4.39 Å². The van der Waals surface area contributed by atoms with Gasteiger partial charge in [-0.05, 0) is 23.8 Å². The molecule has 0 aliphatic carbocycles. The van der Waals surface area contributed by atoms with Crippen LogP contribution in [0.1, 0.15) is 0 Å². The zero-order valence-corrected chi connectivity index (χ0v) is 11.9. The van der Waals surface area contributed by atoms with Gasteiger partial charge in [0.2, 0.25) is 5.88 Å². The Balaban J connectivity index is 2.24. The third-order valence-electron chi connectivity index (χ3n) is 2.96. The summed E-state index contributed by atoms with van der Waals surface area (Å²) in [7, 11) is 0. The highest BCUT2D eigenvalue weighted by molar-refractivity contribution is 9.10. The monoisotopic (exact) mass is 332 g/mol. The molecule has 100 valence electrons. The SMILES string of the molecule is Nc1onc(-c2cc(F)ccc2Br)c1-c1ccccc1. The van der Waals surface area contributed by atoms with Crippen molar-refractivity contribution < 1.29 is 8.91 Å². The van der Waals surface area contributed by atoms with Gasteiger partial charge in [-0.2, -0.15) is 0 Å². The fourth-order valence-corrected chi connectivity index (χ4v) is 2.48. The van der Waals surface area contributed by atoms with Crippen LogP contribution in [-0.2, 0) is 0 Å². The molecule has 0 bridgehead atoms. The van der Waals surface area contributed by atoms with Gasteiger partial charge in [-0.25, -0.2) is 4.39 Å². The van der Waals surface area contributed by atoms with Gasteiger partial charge in [0, 0.05) is 10.0 Å². The fraction of sp³-hybridized carbons (Fsp3) is 0. The number of aromatic nitrogens is 1. The lowest BCUT2D eigenvalue weighted by molar-refractivity contribution is 0.439. The molecule has 3 aromatic rings. The van der Waals surface area contributed by atoms with E-state index >= 15 is 0 Å². The minimum absolute atomic E-state index is 0.211.